The van der Waals surface area contributed by atoms with Gasteiger partial charge in [-0.15, -0.1) is 0 Å². The van der Waals surface area contributed by atoms with Crippen molar-refractivity contribution in [3.63, 3.8) is 0 Å². The molecule has 1 rings (SSSR count). The van der Waals surface area contributed by atoms with E-state index in [0.29, 0.717) is 16.6 Å². The van der Waals surface area contributed by atoms with Crippen molar-refractivity contribution >= 4 is 22.0 Å². The zero-order valence-electron chi connectivity index (χ0n) is 10.6. The van der Waals surface area contributed by atoms with Crippen molar-refractivity contribution in [3.8, 4) is 6.07 Å². The van der Waals surface area contributed by atoms with E-state index in [1.807, 2.05) is 6.07 Å². The van der Waals surface area contributed by atoms with Crippen LogP contribution < -0.4 is 5.32 Å². The standard InChI is InChI=1S/C13H15BrN2O2/c1-13(2,3)18-12(17)16-8-10-6-4-5-9(7-15)11(10)14/h4-6H,8H2,1-3H3,(H,16,17). The predicted molar refractivity (Wildman–Crippen MR) is 71.9 cm³/mol. The molecule has 0 spiro atoms. The molecular weight excluding hydrogens is 296 g/mol. The highest BCUT2D eigenvalue weighted by Crippen LogP contribution is 2.21. The number of carbonyl (C=O) groups excluding carboxylic acids is 1. The second-order valence-corrected chi connectivity index (χ2v) is 5.54. The van der Waals surface area contributed by atoms with Gasteiger partial charge in [0.2, 0.25) is 0 Å². The van der Waals surface area contributed by atoms with Crippen LogP contribution in [0.15, 0.2) is 22.7 Å². The van der Waals surface area contributed by atoms with Gasteiger partial charge in [-0.25, -0.2) is 4.79 Å². The third kappa shape index (κ3) is 4.38. The molecule has 1 aromatic carbocycles. The van der Waals surface area contributed by atoms with Crippen LogP contribution >= 0.6 is 15.9 Å². The summed E-state index contributed by atoms with van der Waals surface area (Å²) in [6.45, 7) is 5.72. The van der Waals surface area contributed by atoms with Crippen LogP contribution in [-0.4, -0.2) is 11.7 Å². The molecule has 0 atom stereocenters. The van der Waals surface area contributed by atoms with Gasteiger partial charge in [-0.2, -0.15) is 5.26 Å². The molecule has 0 bridgehead atoms. The lowest BCUT2D eigenvalue weighted by molar-refractivity contribution is 0.0523. The van der Waals surface area contributed by atoms with Crippen molar-refractivity contribution in [1.29, 1.82) is 5.26 Å². The van der Waals surface area contributed by atoms with Gasteiger partial charge in [0.15, 0.2) is 0 Å². The highest BCUT2D eigenvalue weighted by atomic mass is 79.9. The minimum absolute atomic E-state index is 0.311. The Bertz CT molecular complexity index is 487. The van der Waals surface area contributed by atoms with Gasteiger partial charge in [-0.3, -0.25) is 0 Å². The Kier molecular flexibility index (Phi) is 4.74. The average Bonchev–Trinajstić information content (AvgIpc) is 2.25. The van der Waals surface area contributed by atoms with Crippen molar-refractivity contribution in [2.45, 2.75) is 32.9 Å². The molecule has 96 valence electrons. The van der Waals surface area contributed by atoms with E-state index in [0.717, 1.165) is 5.56 Å². The third-order valence-corrected chi connectivity index (χ3v) is 2.96. The van der Waals surface area contributed by atoms with Gasteiger partial charge in [0.05, 0.1) is 5.56 Å². The number of hydrogen-bond acceptors (Lipinski definition) is 3. The first kappa shape index (κ1) is 14.5. The maximum absolute atomic E-state index is 11.5. The summed E-state index contributed by atoms with van der Waals surface area (Å²) in [4.78, 5) is 11.5. The molecular formula is C13H15BrN2O2. The number of benzene rings is 1. The molecule has 0 aliphatic rings. The van der Waals surface area contributed by atoms with E-state index >= 15 is 0 Å². The van der Waals surface area contributed by atoms with Crippen LogP contribution in [-0.2, 0) is 11.3 Å². The monoisotopic (exact) mass is 310 g/mol. The minimum atomic E-state index is -0.518. The summed E-state index contributed by atoms with van der Waals surface area (Å²) < 4.78 is 5.82. The summed E-state index contributed by atoms with van der Waals surface area (Å²) in [5, 5.41) is 11.5. The van der Waals surface area contributed by atoms with Gasteiger partial charge < -0.3 is 10.1 Å². The molecule has 0 unspecified atom stereocenters. The molecule has 5 heteroatoms. The molecule has 0 saturated heterocycles. The first-order valence-corrected chi connectivity index (χ1v) is 6.27. The lowest BCUT2D eigenvalue weighted by Crippen LogP contribution is -2.32. The van der Waals surface area contributed by atoms with Crippen LogP contribution in [0.4, 0.5) is 4.79 Å². The molecule has 0 aromatic heterocycles. The zero-order valence-corrected chi connectivity index (χ0v) is 12.2. The molecule has 1 amide bonds. The second-order valence-electron chi connectivity index (χ2n) is 4.75. The van der Waals surface area contributed by atoms with Crippen LogP contribution in [0, 0.1) is 11.3 Å². The second kappa shape index (κ2) is 5.87. The highest BCUT2D eigenvalue weighted by Gasteiger charge is 2.16. The lowest BCUT2D eigenvalue weighted by Gasteiger charge is -2.19. The van der Waals surface area contributed by atoms with Gasteiger partial charge in [0.25, 0.3) is 0 Å². The number of nitrogens with one attached hydrogen (secondary N) is 1. The summed E-state index contributed by atoms with van der Waals surface area (Å²) in [6.07, 6.45) is -0.475. The van der Waals surface area contributed by atoms with E-state index in [1.165, 1.54) is 0 Å². The lowest BCUT2D eigenvalue weighted by atomic mass is 10.1. The van der Waals surface area contributed by atoms with Crippen LogP contribution in [0.25, 0.3) is 0 Å². The molecule has 0 saturated carbocycles. The topological polar surface area (TPSA) is 62.1 Å². The summed E-state index contributed by atoms with van der Waals surface area (Å²) in [5.74, 6) is 0. The van der Waals surface area contributed by atoms with Gasteiger partial charge in [-0.1, -0.05) is 12.1 Å². The van der Waals surface area contributed by atoms with E-state index in [9.17, 15) is 4.79 Å². The average molecular weight is 311 g/mol. The van der Waals surface area contributed by atoms with E-state index in [-0.39, 0.29) is 0 Å². The molecule has 0 heterocycles. The molecule has 0 aliphatic carbocycles. The quantitative estimate of drug-likeness (QED) is 0.911. The number of nitriles is 1. The molecule has 4 nitrogen and oxygen atoms in total. The van der Waals surface area contributed by atoms with Crippen LogP contribution in [0.1, 0.15) is 31.9 Å². The Hall–Kier alpha value is -1.54. The number of carbonyl (C=O) groups is 1. The molecule has 1 N–H and O–H groups in total. The minimum Gasteiger partial charge on any atom is -0.444 e. The fraction of sp³-hybridized carbons (Fsp3) is 0.385. The van der Waals surface area contributed by atoms with Gasteiger partial charge in [-0.05, 0) is 48.3 Å². The van der Waals surface area contributed by atoms with Crippen molar-refractivity contribution in [3.05, 3.63) is 33.8 Å². The van der Waals surface area contributed by atoms with Gasteiger partial charge in [0.1, 0.15) is 11.7 Å². The first-order chi connectivity index (χ1) is 8.33. The number of hydrogen-bond donors (Lipinski definition) is 1. The van der Waals surface area contributed by atoms with E-state index in [4.69, 9.17) is 10.00 Å². The van der Waals surface area contributed by atoms with E-state index in [1.54, 1.807) is 32.9 Å². The molecule has 0 radical (unpaired) electrons. The SMILES string of the molecule is CC(C)(C)OC(=O)NCc1cccc(C#N)c1Br. The van der Waals surface area contributed by atoms with E-state index < -0.39 is 11.7 Å². The maximum Gasteiger partial charge on any atom is 0.407 e. The zero-order chi connectivity index (χ0) is 13.8. The van der Waals surface area contributed by atoms with Crippen LogP contribution in [0.3, 0.4) is 0 Å². The smallest absolute Gasteiger partial charge is 0.407 e. The number of nitrogens with zero attached hydrogens (tertiary/aromatic N) is 1. The summed E-state index contributed by atoms with van der Waals surface area (Å²) >= 11 is 3.34. The van der Waals surface area contributed by atoms with Crippen LogP contribution in [0.5, 0.6) is 0 Å². The molecule has 18 heavy (non-hydrogen) atoms. The largest absolute Gasteiger partial charge is 0.444 e. The fourth-order valence-corrected chi connectivity index (χ4v) is 1.78. The molecule has 1 aromatic rings. The number of halogens is 1. The van der Waals surface area contributed by atoms with Crippen molar-refractivity contribution in [2.24, 2.45) is 0 Å². The maximum atomic E-state index is 11.5. The Morgan fingerprint density at radius 1 is 1.50 bits per heavy atom. The van der Waals surface area contributed by atoms with Crippen molar-refractivity contribution < 1.29 is 9.53 Å². The Morgan fingerprint density at radius 3 is 2.72 bits per heavy atom. The van der Waals surface area contributed by atoms with E-state index in [2.05, 4.69) is 27.3 Å². The van der Waals surface area contributed by atoms with Crippen molar-refractivity contribution in [1.82, 2.24) is 5.32 Å². The Labute approximate surface area is 115 Å². The first-order valence-electron chi connectivity index (χ1n) is 5.48. The predicted octanol–water partition coefficient (Wildman–Crippen LogP) is 3.35. The van der Waals surface area contributed by atoms with Crippen molar-refractivity contribution in [2.75, 3.05) is 0 Å². The third-order valence-electron chi connectivity index (χ3n) is 2.02. The Balaban J connectivity index is 2.65. The molecule has 0 fully saturated rings. The number of amides is 1. The Morgan fingerprint density at radius 2 is 2.17 bits per heavy atom. The van der Waals surface area contributed by atoms with Crippen LogP contribution in [0.2, 0.25) is 0 Å². The molecule has 0 aliphatic heterocycles. The summed E-state index contributed by atoms with van der Waals surface area (Å²) in [7, 11) is 0. The number of rotatable bonds is 2. The fourth-order valence-electron chi connectivity index (χ4n) is 1.28. The number of ether oxygens (including phenoxy) is 1. The summed E-state index contributed by atoms with van der Waals surface area (Å²) in [6, 6.07) is 7.39. The number of alkyl carbamates (subject to hydrolysis) is 1. The highest BCUT2D eigenvalue weighted by molar-refractivity contribution is 9.10. The normalized spacial score (nSPS) is 10.6. The summed E-state index contributed by atoms with van der Waals surface area (Å²) in [5.41, 5.74) is 0.855. The van der Waals surface area contributed by atoms with Gasteiger partial charge >= 0.3 is 6.09 Å². The van der Waals surface area contributed by atoms with Gasteiger partial charge in [0, 0.05) is 11.0 Å².